The molecule has 0 aliphatic rings. The molecule has 106 valence electrons. The molecule has 2 aromatic rings. The van der Waals surface area contributed by atoms with Crippen molar-refractivity contribution in [2.24, 2.45) is 0 Å². The third kappa shape index (κ3) is 2.81. The normalized spacial score (nSPS) is 10.6. The van der Waals surface area contributed by atoms with Crippen molar-refractivity contribution in [2.75, 3.05) is 11.1 Å². The number of nitrogens with zero attached hydrogens (tertiary/aromatic N) is 2. The van der Waals surface area contributed by atoms with Gasteiger partial charge in [-0.25, -0.2) is 0 Å². The molecular weight excluding hydrogens is 344 g/mol. The zero-order valence-corrected chi connectivity index (χ0v) is 13.4. The Labute approximate surface area is 130 Å². The van der Waals surface area contributed by atoms with Gasteiger partial charge in [0.1, 0.15) is 5.69 Å². The molecule has 5 nitrogen and oxygen atoms in total. The number of aromatic nitrogens is 2. The van der Waals surface area contributed by atoms with Gasteiger partial charge >= 0.3 is 0 Å². The summed E-state index contributed by atoms with van der Waals surface area (Å²) >= 11 is 9.40. The molecule has 0 aliphatic heterocycles. The predicted octanol–water partition coefficient (Wildman–Crippen LogP) is 3.46. The standard InChI is InChI=1S/C13H14BrClN4O/c1-3-19-12(11(16)7(2)18-19)13(20)17-10-5-4-8(14)6-9(10)15/h4-6H,3,16H2,1-2H3,(H,17,20). The largest absolute Gasteiger partial charge is 0.395 e. The predicted molar refractivity (Wildman–Crippen MR) is 84.2 cm³/mol. The van der Waals surface area contributed by atoms with Gasteiger partial charge in [-0.05, 0) is 32.0 Å². The maximum absolute atomic E-state index is 12.3. The number of nitrogens with two attached hydrogens (primary N) is 1. The molecule has 0 aliphatic carbocycles. The number of carbonyl (C=O) groups is 1. The van der Waals surface area contributed by atoms with Crippen molar-refractivity contribution < 1.29 is 4.79 Å². The summed E-state index contributed by atoms with van der Waals surface area (Å²) in [5.41, 5.74) is 7.81. The Morgan fingerprint density at radius 2 is 2.25 bits per heavy atom. The van der Waals surface area contributed by atoms with Gasteiger partial charge in [-0.15, -0.1) is 0 Å². The van der Waals surface area contributed by atoms with Gasteiger partial charge < -0.3 is 11.1 Å². The van der Waals surface area contributed by atoms with Crippen molar-refractivity contribution in [1.29, 1.82) is 0 Å². The first kappa shape index (κ1) is 14.9. The van der Waals surface area contributed by atoms with Crippen LogP contribution in [-0.4, -0.2) is 15.7 Å². The topological polar surface area (TPSA) is 72.9 Å². The maximum atomic E-state index is 12.3. The summed E-state index contributed by atoms with van der Waals surface area (Å²) < 4.78 is 2.42. The molecule has 0 bridgehead atoms. The first-order valence-corrected chi connectivity index (χ1v) is 7.20. The summed E-state index contributed by atoms with van der Waals surface area (Å²) in [7, 11) is 0. The molecule has 1 heterocycles. The van der Waals surface area contributed by atoms with Crippen molar-refractivity contribution in [2.45, 2.75) is 20.4 Å². The molecule has 0 saturated carbocycles. The Bertz CT molecular complexity index is 669. The average molecular weight is 358 g/mol. The van der Waals surface area contributed by atoms with E-state index in [4.69, 9.17) is 17.3 Å². The lowest BCUT2D eigenvalue weighted by Gasteiger charge is -2.09. The van der Waals surface area contributed by atoms with Crippen LogP contribution >= 0.6 is 27.5 Å². The molecule has 20 heavy (non-hydrogen) atoms. The van der Waals surface area contributed by atoms with Crippen LogP contribution in [0, 0.1) is 6.92 Å². The van der Waals surface area contributed by atoms with E-state index in [1.165, 1.54) is 0 Å². The molecule has 0 unspecified atom stereocenters. The van der Waals surface area contributed by atoms with Crippen molar-refractivity contribution in [3.05, 3.63) is 39.1 Å². The lowest BCUT2D eigenvalue weighted by Crippen LogP contribution is -2.19. The van der Waals surface area contributed by atoms with E-state index in [2.05, 4.69) is 26.3 Å². The number of aryl methyl sites for hydroxylation is 2. The van der Waals surface area contributed by atoms with Crippen LogP contribution in [0.4, 0.5) is 11.4 Å². The number of hydrogen-bond donors (Lipinski definition) is 2. The van der Waals surface area contributed by atoms with Gasteiger partial charge in [-0.1, -0.05) is 27.5 Å². The third-order valence-electron chi connectivity index (χ3n) is 2.87. The monoisotopic (exact) mass is 356 g/mol. The van der Waals surface area contributed by atoms with Crippen molar-refractivity contribution in [3.8, 4) is 0 Å². The highest BCUT2D eigenvalue weighted by Crippen LogP contribution is 2.27. The van der Waals surface area contributed by atoms with E-state index in [0.29, 0.717) is 34.3 Å². The second kappa shape index (κ2) is 5.85. The number of amides is 1. The third-order valence-corrected chi connectivity index (χ3v) is 3.67. The van der Waals surface area contributed by atoms with E-state index >= 15 is 0 Å². The number of nitrogens with one attached hydrogen (secondary N) is 1. The second-order valence-corrected chi connectivity index (χ2v) is 5.56. The second-order valence-electron chi connectivity index (χ2n) is 4.24. The summed E-state index contributed by atoms with van der Waals surface area (Å²) in [6, 6.07) is 5.23. The summed E-state index contributed by atoms with van der Waals surface area (Å²) in [4.78, 5) is 12.3. The SMILES string of the molecule is CCn1nc(C)c(N)c1C(=O)Nc1ccc(Br)cc1Cl. The minimum Gasteiger partial charge on any atom is -0.395 e. The van der Waals surface area contributed by atoms with Crippen LogP contribution in [0.15, 0.2) is 22.7 Å². The Morgan fingerprint density at radius 3 is 2.85 bits per heavy atom. The van der Waals surface area contributed by atoms with Crippen LogP contribution in [0.25, 0.3) is 0 Å². The highest BCUT2D eigenvalue weighted by atomic mass is 79.9. The van der Waals surface area contributed by atoms with E-state index in [1.807, 2.05) is 6.92 Å². The zero-order valence-electron chi connectivity index (χ0n) is 11.1. The molecular formula is C13H14BrClN4O. The number of carbonyl (C=O) groups excluding carboxylic acids is 1. The molecule has 0 radical (unpaired) electrons. The summed E-state index contributed by atoms with van der Waals surface area (Å²) in [5.74, 6) is -0.325. The molecule has 0 atom stereocenters. The average Bonchev–Trinajstić information content (AvgIpc) is 2.68. The Kier molecular flexibility index (Phi) is 4.35. The molecule has 1 aromatic carbocycles. The van der Waals surface area contributed by atoms with Gasteiger partial charge in [0.25, 0.3) is 5.91 Å². The lowest BCUT2D eigenvalue weighted by atomic mass is 10.2. The number of halogens is 2. The summed E-state index contributed by atoms with van der Waals surface area (Å²) in [6.07, 6.45) is 0. The first-order valence-electron chi connectivity index (χ1n) is 6.03. The maximum Gasteiger partial charge on any atom is 0.276 e. The fourth-order valence-corrected chi connectivity index (χ4v) is 2.56. The van der Waals surface area contributed by atoms with Gasteiger partial charge in [0, 0.05) is 11.0 Å². The van der Waals surface area contributed by atoms with Crippen LogP contribution in [-0.2, 0) is 6.54 Å². The molecule has 7 heteroatoms. The Morgan fingerprint density at radius 1 is 1.55 bits per heavy atom. The zero-order chi connectivity index (χ0) is 14.9. The quantitative estimate of drug-likeness (QED) is 0.883. The van der Waals surface area contributed by atoms with Crippen molar-refractivity contribution in [1.82, 2.24) is 9.78 Å². The van der Waals surface area contributed by atoms with Gasteiger partial charge in [0.15, 0.2) is 0 Å². The summed E-state index contributed by atoms with van der Waals surface area (Å²) in [5, 5.41) is 7.42. The number of rotatable bonds is 3. The van der Waals surface area contributed by atoms with E-state index in [9.17, 15) is 4.79 Å². The summed E-state index contributed by atoms with van der Waals surface area (Å²) in [6.45, 7) is 4.23. The molecule has 0 spiro atoms. The first-order chi connectivity index (χ1) is 9.43. The minimum atomic E-state index is -0.325. The van der Waals surface area contributed by atoms with E-state index < -0.39 is 0 Å². The van der Waals surface area contributed by atoms with Crippen LogP contribution in [0.3, 0.4) is 0 Å². The van der Waals surface area contributed by atoms with Gasteiger partial charge in [0.05, 0.1) is 22.1 Å². The van der Waals surface area contributed by atoms with Gasteiger partial charge in [-0.2, -0.15) is 5.10 Å². The van der Waals surface area contributed by atoms with Gasteiger partial charge in [-0.3, -0.25) is 9.48 Å². The molecule has 1 aromatic heterocycles. The molecule has 0 fully saturated rings. The molecule has 1 amide bonds. The number of nitrogen functional groups attached to an aromatic ring is 1. The van der Waals surface area contributed by atoms with Crippen LogP contribution < -0.4 is 11.1 Å². The molecule has 3 N–H and O–H groups in total. The van der Waals surface area contributed by atoms with E-state index in [-0.39, 0.29) is 5.91 Å². The lowest BCUT2D eigenvalue weighted by molar-refractivity contribution is 0.101. The van der Waals surface area contributed by atoms with E-state index in [1.54, 1.807) is 29.8 Å². The highest BCUT2D eigenvalue weighted by molar-refractivity contribution is 9.10. The smallest absolute Gasteiger partial charge is 0.276 e. The Hall–Kier alpha value is -1.53. The van der Waals surface area contributed by atoms with Crippen LogP contribution in [0.5, 0.6) is 0 Å². The highest BCUT2D eigenvalue weighted by Gasteiger charge is 2.19. The molecule has 0 saturated heterocycles. The fourth-order valence-electron chi connectivity index (χ4n) is 1.84. The number of anilines is 2. The van der Waals surface area contributed by atoms with E-state index in [0.717, 1.165) is 4.47 Å². The van der Waals surface area contributed by atoms with Crippen LogP contribution in [0.1, 0.15) is 23.1 Å². The van der Waals surface area contributed by atoms with Gasteiger partial charge in [0.2, 0.25) is 0 Å². The Balaban J connectivity index is 2.33. The number of hydrogen-bond acceptors (Lipinski definition) is 3. The minimum absolute atomic E-state index is 0.325. The van der Waals surface area contributed by atoms with Crippen molar-refractivity contribution in [3.63, 3.8) is 0 Å². The van der Waals surface area contributed by atoms with Crippen LogP contribution in [0.2, 0.25) is 5.02 Å². The number of benzene rings is 1. The van der Waals surface area contributed by atoms with Crippen molar-refractivity contribution >= 4 is 44.8 Å². The fraction of sp³-hybridized carbons (Fsp3) is 0.231. The molecule has 2 rings (SSSR count).